The lowest BCUT2D eigenvalue weighted by molar-refractivity contribution is 0.207. The van der Waals surface area contributed by atoms with E-state index in [0.29, 0.717) is 12.0 Å². The summed E-state index contributed by atoms with van der Waals surface area (Å²) in [7, 11) is 2.33. The van der Waals surface area contributed by atoms with E-state index in [0.717, 1.165) is 5.92 Å². The van der Waals surface area contributed by atoms with E-state index in [1.54, 1.807) is 11.1 Å². The van der Waals surface area contributed by atoms with E-state index >= 15 is 0 Å². The van der Waals surface area contributed by atoms with Crippen LogP contribution in [0.25, 0.3) is 0 Å². The molecule has 22 heavy (non-hydrogen) atoms. The van der Waals surface area contributed by atoms with Crippen LogP contribution in [0.2, 0.25) is 0 Å². The molecule has 0 amide bonds. The standard InChI is InChI=1S/C21H25N/c1-22(15-16-11-12-16)19-13-18-9-5-6-10-20(18)21(14-19)17-7-3-2-4-8-17/h2-10,16,19,21H,11-15H2,1H3/t19-,21+/m1/s1. The van der Waals surface area contributed by atoms with Gasteiger partial charge >= 0.3 is 0 Å². The van der Waals surface area contributed by atoms with Crippen molar-refractivity contribution in [1.82, 2.24) is 4.90 Å². The molecular formula is C21H25N. The molecule has 0 radical (unpaired) electrons. The van der Waals surface area contributed by atoms with Gasteiger partial charge in [-0.1, -0.05) is 54.6 Å². The highest BCUT2D eigenvalue weighted by atomic mass is 15.1. The molecule has 0 spiro atoms. The van der Waals surface area contributed by atoms with Crippen LogP contribution in [0.3, 0.4) is 0 Å². The molecule has 2 aliphatic carbocycles. The number of rotatable bonds is 4. The molecule has 0 aliphatic heterocycles. The first-order chi connectivity index (χ1) is 10.8. The van der Waals surface area contributed by atoms with Crippen molar-refractivity contribution in [1.29, 1.82) is 0 Å². The van der Waals surface area contributed by atoms with Crippen molar-refractivity contribution in [3.05, 3.63) is 71.3 Å². The van der Waals surface area contributed by atoms with E-state index in [4.69, 9.17) is 0 Å². The zero-order valence-electron chi connectivity index (χ0n) is 13.4. The Morgan fingerprint density at radius 1 is 0.955 bits per heavy atom. The minimum atomic E-state index is 0.554. The number of hydrogen-bond acceptors (Lipinski definition) is 1. The number of likely N-dealkylation sites (N-methyl/N-ethyl adjacent to an activating group) is 1. The number of fused-ring (bicyclic) bond motifs is 1. The normalized spacial score (nSPS) is 24.3. The minimum Gasteiger partial charge on any atom is -0.303 e. The third kappa shape index (κ3) is 2.83. The maximum atomic E-state index is 2.63. The van der Waals surface area contributed by atoms with Crippen LogP contribution < -0.4 is 0 Å². The molecule has 0 bridgehead atoms. The van der Waals surface area contributed by atoms with Gasteiger partial charge in [-0.3, -0.25) is 0 Å². The first-order valence-electron chi connectivity index (χ1n) is 8.64. The summed E-state index contributed by atoms with van der Waals surface area (Å²) >= 11 is 0. The lowest BCUT2D eigenvalue weighted by atomic mass is 9.76. The quantitative estimate of drug-likeness (QED) is 0.803. The van der Waals surface area contributed by atoms with Gasteiger partial charge in [0, 0.05) is 18.5 Å². The van der Waals surface area contributed by atoms with E-state index in [9.17, 15) is 0 Å². The van der Waals surface area contributed by atoms with Crippen molar-refractivity contribution >= 4 is 0 Å². The van der Waals surface area contributed by atoms with E-state index in [1.165, 1.54) is 37.8 Å². The van der Waals surface area contributed by atoms with Crippen molar-refractivity contribution in [3.63, 3.8) is 0 Å². The molecule has 0 aromatic heterocycles. The summed E-state index contributed by atoms with van der Waals surface area (Å²) in [5.41, 5.74) is 4.57. The summed E-state index contributed by atoms with van der Waals surface area (Å²) < 4.78 is 0. The lowest BCUT2D eigenvalue weighted by Crippen LogP contribution is -2.39. The predicted molar refractivity (Wildman–Crippen MR) is 92.2 cm³/mol. The highest BCUT2D eigenvalue weighted by molar-refractivity contribution is 5.40. The molecule has 0 heterocycles. The number of nitrogens with zero attached hydrogens (tertiary/aromatic N) is 1. The van der Waals surface area contributed by atoms with Crippen LogP contribution in [-0.4, -0.2) is 24.5 Å². The predicted octanol–water partition coefficient (Wildman–Crippen LogP) is 4.48. The fraction of sp³-hybridized carbons (Fsp3) is 0.429. The fourth-order valence-electron chi connectivity index (χ4n) is 3.99. The minimum absolute atomic E-state index is 0.554. The van der Waals surface area contributed by atoms with Crippen LogP contribution in [0, 0.1) is 5.92 Å². The van der Waals surface area contributed by atoms with Gasteiger partial charge in [0.2, 0.25) is 0 Å². The smallest absolute Gasteiger partial charge is 0.0142 e. The van der Waals surface area contributed by atoms with E-state index in [2.05, 4.69) is 66.5 Å². The summed E-state index contributed by atoms with van der Waals surface area (Å²) in [6.07, 6.45) is 5.35. The number of hydrogen-bond donors (Lipinski definition) is 0. The Hall–Kier alpha value is -1.60. The molecule has 0 saturated heterocycles. The van der Waals surface area contributed by atoms with Crippen molar-refractivity contribution in [2.75, 3.05) is 13.6 Å². The van der Waals surface area contributed by atoms with Crippen LogP contribution in [0.5, 0.6) is 0 Å². The van der Waals surface area contributed by atoms with Crippen LogP contribution in [-0.2, 0) is 6.42 Å². The molecule has 2 aromatic rings. The summed E-state index contributed by atoms with van der Waals surface area (Å²) in [6.45, 7) is 1.29. The third-order valence-electron chi connectivity index (χ3n) is 5.46. The average molecular weight is 291 g/mol. The molecule has 114 valence electrons. The summed E-state index contributed by atoms with van der Waals surface area (Å²) in [5, 5.41) is 0. The first kappa shape index (κ1) is 14.0. The monoisotopic (exact) mass is 291 g/mol. The Balaban J connectivity index is 1.64. The Morgan fingerprint density at radius 2 is 1.68 bits per heavy atom. The van der Waals surface area contributed by atoms with Crippen molar-refractivity contribution in [2.24, 2.45) is 5.92 Å². The molecule has 2 aromatic carbocycles. The van der Waals surface area contributed by atoms with Crippen molar-refractivity contribution < 1.29 is 0 Å². The Bertz CT molecular complexity index is 629. The average Bonchev–Trinajstić information content (AvgIpc) is 3.38. The molecule has 2 atom stereocenters. The van der Waals surface area contributed by atoms with Crippen LogP contribution >= 0.6 is 0 Å². The van der Waals surface area contributed by atoms with Crippen LogP contribution in [0.1, 0.15) is 41.9 Å². The molecule has 4 rings (SSSR count). The molecule has 1 heteroatoms. The molecule has 1 fully saturated rings. The third-order valence-corrected chi connectivity index (χ3v) is 5.46. The van der Waals surface area contributed by atoms with Gasteiger partial charge in [-0.15, -0.1) is 0 Å². The zero-order chi connectivity index (χ0) is 14.9. The fourth-order valence-corrected chi connectivity index (χ4v) is 3.99. The van der Waals surface area contributed by atoms with Crippen molar-refractivity contribution in [2.45, 2.75) is 37.6 Å². The van der Waals surface area contributed by atoms with Gasteiger partial charge < -0.3 is 4.90 Å². The summed E-state index contributed by atoms with van der Waals surface area (Å²) in [4.78, 5) is 2.63. The second-order valence-electron chi connectivity index (χ2n) is 7.14. The number of benzene rings is 2. The maximum Gasteiger partial charge on any atom is 0.0142 e. The van der Waals surface area contributed by atoms with Crippen LogP contribution in [0.4, 0.5) is 0 Å². The van der Waals surface area contributed by atoms with Gasteiger partial charge in [0.05, 0.1) is 0 Å². The molecule has 1 saturated carbocycles. The zero-order valence-corrected chi connectivity index (χ0v) is 13.4. The maximum absolute atomic E-state index is 2.63. The van der Waals surface area contributed by atoms with E-state index in [-0.39, 0.29) is 0 Å². The molecule has 2 aliphatic rings. The topological polar surface area (TPSA) is 3.24 Å². The lowest BCUT2D eigenvalue weighted by Gasteiger charge is -2.37. The summed E-state index contributed by atoms with van der Waals surface area (Å²) in [5.74, 6) is 1.52. The van der Waals surface area contributed by atoms with Gasteiger partial charge in [0.1, 0.15) is 0 Å². The van der Waals surface area contributed by atoms with E-state index < -0.39 is 0 Å². The molecule has 0 unspecified atom stereocenters. The largest absolute Gasteiger partial charge is 0.303 e. The van der Waals surface area contributed by atoms with Gasteiger partial charge in [-0.2, -0.15) is 0 Å². The Labute approximate surface area is 134 Å². The van der Waals surface area contributed by atoms with Gasteiger partial charge in [-0.05, 0) is 55.3 Å². The van der Waals surface area contributed by atoms with Gasteiger partial charge in [0.25, 0.3) is 0 Å². The first-order valence-corrected chi connectivity index (χ1v) is 8.64. The second-order valence-corrected chi connectivity index (χ2v) is 7.14. The molecule has 1 nitrogen and oxygen atoms in total. The molecular weight excluding hydrogens is 266 g/mol. The highest BCUT2D eigenvalue weighted by Crippen LogP contribution is 2.39. The van der Waals surface area contributed by atoms with Crippen molar-refractivity contribution in [3.8, 4) is 0 Å². The SMILES string of the molecule is CN(CC1CC1)[C@@H]1Cc2ccccc2[C@H](c2ccccc2)C1. The Kier molecular flexibility index (Phi) is 3.75. The highest BCUT2D eigenvalue weighted by Gasteiger charge is 2.32. The second kappa shape index (κ2) is 5.89. The van der Waals surface area contributed by atoms with Gasteiger partial charge in [0.15, 0.2) is 0 Å². The van der Waals surface area contributed by atoms with E-state index in [1.807, 2.05) is 0 Å². The summed E-state index contributed by atoms with van der Waals surface area (Å²) in [6, 6.07) is 20.8. The van der Waals surface area contributed by atoms with Gasteiger partial charge in [-0.25, -0.2) is 0 Å². The Morgan fingerprint density at radius 3 is 2.45 bits per heavy atom. The molecule has 0 N–H and O–H groups in total. The van der Waals surface area contributed by atoms with Crippen LogP contribution in [0.15, 0.2) is 54.6 Å².